The lowest BCUT2D eigenvalue weighted by molar-refractivity contribution is 0.00515. The van der Waals surface area contributed by atoms with Gasteiger partial charge in [-0.3, -0.25) is 0 Å². The molecular formula is C16H31N3O2. The van der Waals surface area contributed by atoms with E-state index in [0.29, 0.717) is 6.04 Å². The Kier molecular flexibility index (Phi) is 5.49. The van der Waals surface area contributed by atoms with E-state index in [1.54, 1.807) is 4.90 Å². The smallest absolute Gasteiger partial charge is 0.410 e. The molecule has 122 valence electrons. The molecule has 0 radical (unpaired) electrons. The number of likely N-dealkylation sites (tertiary alicyclic amines) is 1. The highest BCUT2D eigenvalue weighted by Gasteiger charge is 2.33. The number of carbonyl (C=O) groups excluding carboxylic acids is 1. The molecule has 0 bridgehead atoms. The summed E-state index contributed by atoms with van der Waals surface area (Å²) in [6.45, 7) is 9.33. The number of likely N-dealkylation sites (N-methyl/N-ethyl adjacent to an activating group) is 1. The summed E-state index contributed by atoms with van der Waals surface area (Å²) < 4.78 is 5.35. The van der Waals surface area contributed by atoms with E-state index in [2.05, 4.69) is 17.3 Å². The molecule has 5 heteroatoms. The maximum absolute atomic E-state index is 11.8. The van der Waals surface area contributed by atoms with Crippen LogP contribution >= 0.6 is 0 Å². The van der Waals surface area contributed by atoms with Crippen molar-refractivity contribution in [1.29, 1.82) is 0 Å². The number of nitrogens with one attached hydrogen (secondary N) is 1. The average molecular weight is 297 g/mol. The molecule has 2 rings (SSSR count). The second-order valence-electron chi connectivity index (χ2n) is 7.46. The van der Waals surface area contributed by atoms with Gasteiger partial charge in [-0.25, -0.2) is 4.79 Å². The molecular weight excluding hydrogens is 266 g/mol. The van der Waals surface area contributed by atoms with Crippen LogP contribution in [0.4, 0.5) is 4.79 Å². The van der Waals surface area contributed by atoms with Gasteiger partial charge in [0.1, 0.15) is 5.60 Å². The van der Waals surface area contributed by atoms with Crippen molar-refractivity contribution in [2.45, 2.75) is 64.1 Å². The van der Waals surface area contributed by atoms with Crippen molar-refractivity contribution < 1.29 is 9.53 Å². The van der Waals surface area contributed by atoms with Gasteiger partial charge in [-0.2, -0.15) is 0 Å². The zero-order valence-corrected chi connectivity index (χ0v) is 14.0. The molecule has 0 spiro atoms. The molecule has 1 amide bonds. The van der Waals surface area contributed by atoms with Crippen LogP contribution in [0.2, 0.25) is 0 Å². The predicted octanol–water partition coefficient (Wildman–Crippen LogP) is 2.07. The van der Waals surface area contributed by atoms with Crippen molar-refractivity contribution >= 4 is 6.09 Å². The van der Waals surface area contributed by atoms with E-state index in [1.165, 1.54) is 25.7 Å². The van der Waals surface area contributed by atoms with Gasteiger partial charge in [-0.15, -0.1) is 0 Å². The van der Waals surface area contributed by atoms with Crippen LogP contribution in [-0.4, -0.2) is 66.8 Å². The van der Waals surface area contributed by atoms with Crippen molar-refractivity contribution in [3.05, 3.63) is 0 Å². The van der Waals surface area contributed by atoms with E-state index in [0.717, 1.165) is 32.2 Å². The summed E-state index contributed by atoms with van der Waals surface area (Å²) in [5.74, 6) is 0. The monoisotopic (exact) mass is 297 g/mol. The van der Waals surface area contributed by atoms with Gasteiger partial charge >= 0.3 is 6.09 Å². The zero-order valence-electron chi connectivity index (χ0n) is 14.0. The predicted molar refractivity (Wildman–Crippen MR) is 84.5 cm³/mol. The molecule has 21 heavy (non-hydrogen) atoms. The maximum Gasteiger partial charge on any atom is 0.410 e. The molecule has 1 N–H and O–H groups in total. The summed E-state index contributed by atoms with van der Waals surface area (Å²) in [5, 5.41) is 3.53. The van der Waals surface area contributed by atoms with E-state index in [9.17, 15) is 4.79 Å². The van der Waals surface area contributed by atoms with Gasteiger partial charge in [0.15, 0.2) is 0 Å². The van der Waals surface area contributed by atoms with E-state index in [-0.39, 0.29) is 6.09 Å². The van der Waals surface area contributed by atoms with E-state index in [4.69, 9.17) is 4.74 Å². The van der Waals surface area contributed by atoms with Gasteiger partial charge in [0.05, 0.1) is 0 Å². The number of ether oxygens (including phenoxy) is 1. The Hall–Kier alpha value is -0.810. The van der Waals surface area contributed by atoms with Gasteiger partial charge in [-0.1, -0.05) is 12.8 Å². The van der Waals surface area contributed by atoms with E-state index >= 15 is 0 Å². The highest BCUT2D eigenvalue weighted by molar-refractivity contribution is 5.69. The van der Waals surface area contributed by atoms with Crippen LogP contribution < -0.4 is 5.32 Å². The first kappa shape index (κ1) is 16.6. The maximum atomic E-state index is 11.8. The quantitative estimate of drug-likeness (QED) is 0.844. The topological polar surface area (TPSA) is 44.8 Å². The lowest BCUT2D eigenvalue weighted by Gasteiger charge is -2.40. The van der Waals surface area contributed by atoms with Gasteiger partial charge in [-0.05, 0) is 40.7 Å². The van der Waals surface area contributed by atoms with Gasteiger partial charge in [0, 0.05) is 38.3 Å². The van der Waals surface area contributed by atoms with Crippen LogP contribution in [0.1, 0.15) is 46.5 Å². The number of nitrogens with zero attached hydrogens (tertiary/aromatic N) is 2. The number of hydrogen-bond acceptors (Lipinski definition) is 4. The first-order chi connectivity index (χ1) is 9.85. The SMILES string of the molecule is CN(CCNC1CN(C(=O)OC(C)(C)C)C1)C1CCCC1. The molecule has 1 saturated carbocycles. The summed E-state index contributed by atoms with van der Waals surface area (Å²) in [7, 11) is 2.23. The molecule has 5 nitrogen and oxygen atoms in total. The van der Waals surface area contributed by atoms with Crippen LogP contribution in [-0.2, 0) is 4.74 Å². The lowest BCUT2D eigenvalue weighted by Crippen LogP contribution is -2.61. The minimum Gasteiger partial charge on any atom is -0.444 e. The number of carbonyl (C=O) groups is 1. The Balaban J connectivity index is 1.55. The van der Waals surface area contributed by atoms with Gasteiger partial charge < -0.3 is 19.9 Å². The number of hydrogen-bond donors (Lipinski definition) is 1. The molecule has 1 aliphatic heterocycles. The second kappa shape index (κ2) is 6.97. The Morgan fingerprint density at radius 1 is 1.29 bits per heavy atom. The fourth-order valence-corrected chi connectivity index (χ4v) is 3.06. The second-order valence-corrected chi connectivity index (χ2v) is 7.46. The molecule has 1 heterocycles. The van der Waals surface area contributed by atoms with Crippen molar-refractivity contribution in [3.63, 3.8) is 0 Å². The highest BCUT2D eigenvalue weighted by atomic mass is 16.6. The van der Waals surface area contributed by atoms with E-state index in [1.807, 2.05) is 20.8 Å². The van der Waals surface area contributed by atoms with Crippen LogP contribution in [0.25, 0.3) is 0 Å². The molecule has 0 unspecified atom stereocenters. The molecule has 1 saturated heterocycles. The minimum atomic E-state index is -0.403. The fourth-order valence-electron chi connectivity index (χ4n) is 3.06. The highest BCUT2D eigenvalue weighted by Crippen LogP contribution is 2.22. The summed E-state index contributed by atoms with van der Waals surface area (Å²) in [4.78, 5) is 16.1. The Labute approximate surface area is 129 Å². The Morgan fingerprint density at radius 3 is 2.48 bits per heavy atom. The third-order valence-electron chi connectivity index (χ3n) is 4.38. The number of amides is 1. The minimum absolute atomic E-state index is 0.191. The molecule has 0 aromatic carbocycles. The first-order valence-electron chi connectivity index (χ1n) is 8.27. The third kappa shape index (κ3) is 5.15. The zero-order chi connectivity index (χ0) is 15.5. The van der Waals surface area contributed by atoms with Crippen LogP contribution in [0.15, 0.2) is 0 Å². The van der Waals surface area contributed by atoms with Gasteiger partial charge in [0.25, 0.3) is 0 Å². The summed E-state index contributed by atoms with van der Waals surface area (Å²) >= 11 is 0. The Morgan fingerprint density at radius 2 is 1.90 bits per heavy atom. The standard InChI is InChI=1S/C16H31N3O2/c1-16(2,3)21-15(20)19-11-13(12-19)17-9-10-18(4)14-7-5-6-8-14/h13-14,17H,5-12H2,1-4H3. The van der Waals surface area contributed by atoms with Crippen molar-refractivity contribution in [1.82, 2.24) is 15.1 Å². The van der Waals surface area contributed by atoms with E-state index < -0.39 is 5.60 Å². The molecule has 2 aliphatic rings. The molecule has 1 aliphatic carbocycles. The summed E-state index contributed by atoms with van der Waals surface area (Å²) in [5.41, 5.74) is -0.403. The van der Waals surface area contributed by atoms with Crippen molar-refractivity contribution in [3.8, 4) is 0 Å². The lowest BCUT2D eigenvalue weighted by atomic mass is 10.1. The number of rotatable bonds is 5. The first-order valence-corrected chi connectivity index (χ1v) is 8.27. The van der Waals surface area contributed by atoms with Crippen molar-refractivity contribution in [2.24, 2.45) is 0 Å². The van der Waals surface area contributed by atoms with Crippen LogP contribution in [0.3, 0.4) is 0 Å². The molecule has 0 aromatic rings. The largest absolute Gasteiger partial charge is 0.444 e. The Bertz CT molecular complexity index is 342. The average Bonchev–Trinajstić information content (AvgIpc) is 2.82. The summed E-state index contributed by atoms with van der Waals surface area (Å²) in [6, 6.07) is 1.21. The third-order valence-corrected chi connectivity index (χ3v) is 4.38. The van der Waals surface area contributed by atoms with Crippen LogP contribution in [0, 0.1) is 0 Å². The van der Waals surface area contributed by atoms with Gasteiger partial charge in [0.2, 0.25) is 0 Å². The summed E-state index contributed by atoms with van der Waals surface area (Å²) in [6.07, 6.45) is 5.29. The fraction of sp³-hybridized carbons (Fsp3) is 0.938. The van der Waals surface area contributed by atoms with Crippen molar-refractivity contribution in [2.75, 3.05) is 33.2 Å². The molecule has 0 aromatic heterocycles. The van der Waals surface area contributed by atoms with Crippen LogP contribution in [0.5, 0.6) is 0 Å². The normalized spacial score (nSPS) is 20.9. The molecule has 0 atom stereocenters. The molecule has 2 fully saturated rings.